The summed E-state index contributed by atoms with van der Waals surface area (Å²) in [6.07, 6.45) is 1.37. The second-order valence-corrected chi connectivity index (χ2v) is 5.64. The molecule has 120 valence electrons. The molecule has 21 heavy (non-hydrogen) atoms. The first-order valence-corrected chi connectivity index (χ1v) is 7.53. The van der Waals surface area contributed by atoms with Crippen LogP contribution in [0.5, 0.6) is 0 Å². The highest BCUT2D eigenvalue weighted by Crippen LogP contribution is 2.35. The van der Waals surface area contributed by atoms with Gasteiger partial charge in [0, 0.05) is 44.4 Å². The number of benzene rings is 1. The topological polar surface area (TPSA) is 35.5 Å². The summed E-state index contributed by atoms with van der Waals surface area (Å²) in [7, 11) is 0. The van der Waals surface area contributed by atoms with E-state index in [9.17, 15) is 4.39 Å². The average Bonchev–Trinajstić information content (AvgIpc) is 2.47. The maximum Gasteiger partial charge on any atom is 0.129 e. The molecular formula is C15H23Cl2FN2O. The lowest BCUT2D eigenvalue weighted by Gasteiger charge is -2.36. The van der Waals surface area contributed by atoms with Crippen molar-refractivity contribution < 1.29 is 9.50 Å². The lowest BCUT2D eigenvalue weighted by Crippen LogP contribution is -2.45. The van der Waals surface area contributed by atoms with Crippen molar-refractivity contribution in [3.63, 3.8) is 0 Å². The van der Waals surface area contributed by atoms with Crippen LogP contribution in [0.3, 0.4) is 0 Å². The number of rotatable bonds is 5. The molecule has 3 nitrogen and oxygen atoms in total. The number of aliphatic hydroxyl groups excluding tert-OH is 1. The van der Waals surface area contributed by atoms with E-state index in [2.05, 4.69) is 10.2 Å². The molecule has 1 saturated heterocycles. The number of aliphatic hydroxyl groups is 1. The summed E-state index contributed by atoms with van der Waals surface area (Å²) >= 11 is 6.35. The summed E-state index contributed by atoms with van der Waals surface area (Å²) in [5.41, 5.74) is 1.48. The lowest BCUT2D eigenvalue weighted by molar-refractivity contribution is 0.152. The Hall–Kier alpha value is -0.390. The highest BCUT2D eigenvalue weighted by atomic mass is 35.5. The molecule has 1 aliphatic heterocycles. The Morgan fingerprint density at radius 3 is 2.67 bits per heavy atom. The second-order valence-electron chi connectivity index (χ2n) is 5.26. The van der Waals surface area contributed by atoms with Crippen molar-refractivity contribution in [2.45, 2.75) is 25.8 Å². The van der Waals surface area contributed by atoms with Gasteiger partial charge in [-0.2, -0.15) is 0 Å². The SMILES string of the molecule is Cc1ccc(F)c([C@H](CCCO)N2CCNCC2)c1Cl.Cl. The van der Waals surface area contributed by atoms with Crippen molar-refractivity contribution in [1.82, 2.24) is 10.2 Å². The second kappa shape index (κ2) is 8.91. The van der Waals surface area contributed by atoms with Crippen LogP contribution in [-0.2, 0) is 0 Å². The van der Waals surface area contributed by atoms with E-state index in [-0.39, 0.29) is 30.9 Å². The van der Waals surface area contributed by atoms with Gasteiger partial charge in [-0.1, -0.05) is 17.7 Å². The van der Waals surface area contributed by atoms with E-state index in [0.29, 0.717) is 17.0 Å². The standard InChI is InChI=1S/C15H22ClFN2O.ClH/c1-11-4-5-12(17)14(15(11)16)13(3-2-10-20)19-8-6-18-7-9-19;/h4-5,13,18,20H,2-3,6-10H2,1H3;1H/t13-;/m0./s1. The number of hydrogen-bond acceptors (Lipinski definition) is 3. The van der Waals surface area contributed by atoms with Crippen LogP contribution in [0.25, 0.3) is 0 Å². The molecule has 0 aromatic heterocycles. The van der Waals surface area contributed by atoms with Crippen LogP contribution >= 0.6 is 24.0 Å². The quantitative estimate of drug-likeness (QED) is 0.867. The summed E-state index contributed by atoms with van der Waals surface area (Å²) in [6.45, 7) is 5.57. The highest BCUT2D eigenvalue weighted by Gasteiger charge is 2.26. The molecule has 0 saturated carbocycles. The van der Waals surface area contributed by atoms with E-state index in [1.807, 2.05) is 6.92 Å². The van der Waals surface area contributed by atoms with E-state index < -0.39 is 0 Å². The maximum atomic E-state index is 14.3. The van der Waals surface area contributed by atoms with Crippen LogP contribution in [-0.4, -0.2) is 42.8 Å². The van der Waals surface area contributed by atoms with Crippen molar-refractivity contribution >= 4 is 24.0 Å². The van der Waals surface area contributed by atoms with E-state index in [1.54, 1.807) is 6.07 Å². The monoisotopic (exact) mass is 336 g/mol. The molecule has 2 rings (SSSR count). The Morgan fingerprint density at radius 2 is 2.05 bits per heavy atom. The van der Waals surface area contributed by atoms with Gasteiger partial charge in [0.2, 0.25) is 0 Å². The normalized spacial score (nSPS) is 17.3. The number of piperazine rings is 1. The van der Waals surface area contributed by atoms with Gasteiger partial charge in [-0.15, -0.1) is 12.4 Å². The minimum Gasteiger partial charge on any atom is -0.396 e. The highest BCUT2D eigenvalue weighted by molar-refractivity contribution is 6.32. The molecule has 6 heteroatoms. The zero-order chi connectivity index (χ0) is 14.5. The van der Waals surface area contributed by atoms with Gasteiger partial charge in [0.05, 0.1) is 5.02 Å². The number of halogens is 3. The van der Waals surface area contributed by atoms with Crippen molar-refractivity contribution in [2.75, 3.05) is 32.8 Å². The predicted molar refractivity (Wildman–Crippen MR) is 86.9 cm³/mol. The van der Waals surface area contributed by atoms with E-state index in [0.717, 1.165) is 38.2 Å². The molecule has 1 heterocycles. The Morgan fingerprint density at radius 1 is 1.38 bits per heavy atom. The Labute approximate surface area is 136 Å². The maximum absolute atomic E-state index is 14.3. The van der Waals surface area contributed by atoms with Gasteiger partial charge in [-0.25, -0.2) is 4.39 Å². The molecule has 0 aliphatic carbocycles. The third-order valence-electron chi connectivity index (χ3n) is 3.88. The molecule has 1 aromatic rings. The molecule has 2 N–H and O–H groups in total. The van der Waals surface area contributed by atoms with Gasteiger partial charge in [-0.3, -0.25) is 4.90 Å². The molecule has 0 bridgehead atoms. The van der Waals surface area contributed by atoms with E-state index in [4.69, 9.17) is 16.7 Å². The third kappa shape index (κ3) is 4.54. The van der Waals surface area contributed by atoms with Crippen LogP contribution in [0.4, 0.5) is 4.39 Å². The zero-order valence-electron chi connectivity index (χ0n) is 12.2. The Kier molecular flexibility index (Phi) is 7.92. The summed E-state index contributed by atoms with van der Waals surface area (Å²) in [4.78, 5) is 2.26. The predicted octanol–water partition coefficient (Wildman–Crippen LogP) is 2.93. The largest absolute Gasteiger partial charge is 0.396 e. The molecule has 0 radical (unpaired) electrons. The minimum absolute atomic E-state index is 0. The van der Waals surface area contributed by atoms with Crippen LogP contribution < -0.4 is 5.32 Å². The van der Waals surface area contributed by atoms with Crippen LogP contribution in [0.15, 0.2) is 12.1 Å². The molecule has 1 atom stereocenters. The van der Waals surface area contributed by atoms with Crippen LogP contribution in [0.2, 0.25) is 5.02 Å². The number of nitrogens with one attached hydrogen (secondary N) is 1. The van der Waals surface area contributed by atoms with E-state index in [1.165, 1.54) is 6.07 Å². The molecule has 1 fully saturated rings. The van der Waals surface area contributed by atoms with Gasteiger partial charge in [0.1, 0.15) is 5.82 Å². The fourth-order valence-electron chi connectivity index (χ4n) is 2.77. The first kappa shape index (κ1) is 18.7. The number of aryl methyl sites for hydroxylation is 1. The first-order valence-electron chi connectivity index (χ1n) is 7.15. The minimum atomic E-state index is -0.248. The van der Waals surface area contributed by atoms with Crippen molar-refractivity contribution in [1.29, 1.82) is 0 Å². The van der Waals surface area contributed by atoms with Crippen LogP contribution in [0, 0.1) is 12.7 Å². The van der Waals surface area contributed by atoms with Gasteiger partial charge >= 0.3 is 0 Å². The summed E-state index contributed by atoms with van der Waals surface area (Å²) in [6, 6.07) is 3.14. The Bertz CT molecular complexity index is 454. The Balaban J connectivity index is 0.00000220. The smallest absolute Gasteiger partial charge is 0.129 e. The molecular weight excluding hydrogens is 314 g/mol. The number of hydrogen-bond donors (Lipinski definition) is 2. The average molecular weight is 337 g/mol. The third-order valence-corrected chi connectivity index (χ3v) is 4.38. The molecule has 0 unspecified atom stereocenters. The van der Waals surface area contributed by atoms with Crippen LogP contribution in [0.1, 0.15) is 30.0 Å². The molecule has 1 aliphatic rings. The summed E-state index contributed by atoms with van der Waals surface area (Å²) in [5.74, 6) is -0.248. The first-order chi connectivity index (χ1) is 9.65. The van der Waals surface area contributed by atoms with Crippen molar-refractivity contribution in [3.8, 4) is 0 Å². The number of nitrogens with zero attached hydrogens (tertiary/aromatic N) is 1. The molecule has 0 amide bonds. The molecule has 0 spiro atoms. The summed E-state index contributed by atoms with van der Waals surface area (Å²) < 4.78 is 14.3. The lowest BCUT2D eigenvalue weighted by atomic mass is 9.97. The fraction of sp³-hybridized carbons (Fsp3) is 0.600. The summed E-state index contributed by atoms with van der Waals surface area (Å²) in [5, 5.41) is 12.9. The van der Waals surface area contributed by atoms with Gasteiger partial charge < -0.3 is 10.4 Å². The van der Waals surface area contributed by atoms with Crippen molar-refractivity contribution in [2.24, 2.45) is 0 Å². The zero-order valence-corrected chi connectivity index (χ0v) is 13.8. The van der Waals surface area contributed by atoms with Gasteiger partial charge in [0.25, 0.3) is 0 Å². The van der Waals surface area contributed by atoms with Gasteiger partial charge in [0.15, 0.2) is 0 Å². The van der Waals surface area contributed by atoms with E-state index >= 15 is 0 Å². The van der Waals surface area contributed by atoms with Crippen molar-refractivity contribution in [3.05, 3.63) is 34.1 Å². The fourth-order valence-corrected chi connectivity index (χ4v) is 3.05. The molecule has 1 aromatic carbocycles. The van der Waals surface area contributed by atoms with Gasteiger partial charge in [-0.05, 0) is 31.4 Å².